The van der Waals surface area contributed by atoms with Crippen LogP contribution in [-0.4, -0.2) is 23.9 Å². The molecule has 0 radical (unpaired) electrons. The zero-order chi connectivity index (χ0) is 7.40. The fourth-order valence-electron chi connectivity index (χ4n) is 0.817. The number of hydrogen-bond donors (Lipinski definition) is 1. The van der Waals surface area contributed by atoms with Gasteiger partial charge in [-0.15, -0.1) is 11.8 Å². The highest BCUT2D eigenvalue weighted by Gasteiger charge is 2.36. The molecular weight excluding hydrogens is 128 g/mol. The number of epoxide rings is 1. The van der Waals surface area contributed by atoms with E-state index in [0.29, 0.717) is 0 Å². The Morgan fingerprint density at radius 1 is 1.40 bits per heavy atom. The molecular formula is C8H12O2. The maximum atomic E-state index is 8.56. The summed E-state index contributed by atoms with van der Waals surface area (Å²) in [5.41, 5.74) is 0. The van der Waals surface area contributed by atoms with Crippen LogP contribution in [0.1, 0.15) is 19.8 Å². The first-order valence-corrected chi connectivity index (χ1v) is 3.60. The van der Waals surface area contributed by atoms with Crippen molar-refractivity contribution in [3.8, 4) is 11.8 Å². The fraction of sp³-hybridized carbons (Fsp3) is 0.750. The summed E-state index contributed by atoms with van der Waals surface area (Å²) in [6.07, 6.45) is 1.96. The zero-order valence-corrected chi connectivity index (χ0v) is 6.13. The number of aliphatic hydroxyl groups excluding tert-OH is 1. The molecule has 1 N–H and O–H groups in total. The van der Waals surface area contributed by atoms with Crippen molar-refractivity contribution in [2.24, 2.45) is 0 Å². The Bertz CT molecular complexity index is 154. The predicted octanol–water partition coefficient (Wildman–Crippen LogP) is 0.550. The van der Waals surface area contributed by atoms with Crippen LogP contribution in [0.4, 0.5) is 0 Å². The van der Waals surface area contributed by atoms with Gasteiger partial charge < -0.3 is 9.84 Å². The molecule has 0 aromatic heterocycles. The molecule has 2 nitrogen and oxygen atoms in total. The molecule has 0 saturated carbocycles. The van der Waals surface area contributed by atoms with Crippen molar-refractivity contribution in [1.82, 2.24) is 0 Å². The molecule has 0 aromatic carbocycles. The Hall–Kier alpha value is -0.520. The van der Waals surface area contributed by atoms with Gasteiger partial charge in [0, 0.05) is 12.8 Å². The van der Waals surface area contributed by atoms with Crippen LogP contribution in [0.2, 0.25) is 0 Å². The molecule has 0 amide bonds. The summed E-state index contributed by atoms with van der Waals surface area (Å²) in [5.74, 6) is 5.93. The molecule has 10 heavy (non-hydrogen) atoms. The second-order valence-corrected chi connectivity index (χ2v) is 2.31. The smallest absolute Gasteiger partial charge is 0.108 e. The molecule has 1 aliphatic rings. The van der Waals surface area contributed by atoms with Crippen LogP contribution >= 0.6 is 0 Å². The number of hydrogen-bond acceptors (Lipinski definition) is 2. The summed E-state index contributed by atoms with van der Waals surface area (Å²) in [6, 6.07) is 0. The Morgan fingerprint density at radius 3 is 2.70 bits per heavy atom. The molecule has 0 spiro atoms. The first-order valence-electron chi connectivity index (χ1n) is 3.60. The SMILES string of the molecule is CCC#CCC1OC1CO. The lowest BCUT2D eigenvalue weighted by Gasteiger charge is -1.80. The number of ether oxygens (including phenoxy) is 1. The van der Waals surface area contributed by atoms with Crippen molar-refractivity contribution < 1.29 is 9.84 Å². The van der Waals surface area contributed by atoms with Gasteiger partial charge in [-0.25, -0.2) is 0 Å². The van der Waals surface area contributed by atoms with Gasteiger partial charge in [-0.2, -0.15) is 0 Å². The van der Waals surface area contributed by atoms with Crippen molar-refractivity contribution >= 4 is 0 Å². The van der Waals surface area contributed by atoms with E-state index in [-0.39, 0.29) is 18.8 Å². The third-order valence-corrected chi connectivity index (χ3v) is 1.47. The average Bonchev–Trinajstić information content (AvgIpc) is 2.68. The molecule has 0 aromatic rings. The van der Waals surface area contributed by atoms with Crippen LogP contribution in [0.5, 0.6) is 0 Å². The number of aliphatic hydroxyl groups is 1. The average molecular weight is 140 g/mol. The summed E-state index contributed by atoms with van der Waals surface area (Å²) in [7, 11) is 0. The molecule has 1 fully saturated rings. The van der Waals surface area contributed by atoms with Gasteiger partial charge in [0.1, 0.15) is 6.10 Å². The first-order chi connectivity index (χ1) is 4.88. The summed E-state index contributed by atoms with van der Waals surface area (Å²) in [6.45, 7) is 2.16. The molecule has 2 atom stereocenters. The van der Waals surface area contributed by atoms with E-state index in [2.05, 4.69) is 11.8 Å². The minimum absolute atomic E-state index is 0.0751. The predicted molar refractivity (Wildman–Crippen MR) is 38.4 cm³/mol. The van der Waals surface area contributed by atoms with E-state index >= 15 is 0 Å². The Morgan fingerprint density at radius 2 is 2.20 bits per heavy atom. The molecule has 56 valence electrons. The summed E-state index contributed by atoms with van der Waals surface area (Å²) >= 11 is 0. The highest BCUT2D eigenvalue weighted by Crippen LogP contribution is 2.23. The normalized spacial score (nSPS) is 29.0. The van der Waals surface area contributed by atoms with Crippen molar-refractivity contribution in [3.05, 3.63) is 0 Å². The lowest BCUT2D eigenvalue weighted by Crippen LogP contribution is -1.97. The fourth-order valence-corrected chi connectivity index (χ4v) is 0.817. The Labute approximate surface area is 61.2 Å². The third-order valence-electron chi connectivity index (χ3n) is 1.47. The van der Waals surface area contributed by atoms with E-state index < -0.39 is 0 Å². The number of rotatable bonds is 2. The van der Waals surface area contributed by atoms with E-state index in [9.17, 15) is 0 Å². The van der Waals surface area contributed by atoms with E-state index in [0.717, 1.165) is 12.8 Å². The van der Waals surface area contributed by atoms with Gasteiger partial charge in [0.2, 0.25) is 0 Å². The van der Waals surface area contributed by atoms with E-state index in [1.165, 1.54) is 0 Å². The maximum absolute atomic E-state index is 8.56. The quantitative estimate of drug-likeness (QED) is 0.449. The minimum Gasteiger partial charge on any atom is -0.394 e. The molecule has 2 unspecified atom stereocenters. The molecule has 2 heteroatoms. The van der Waals surface area contributed by atoms with Crippen LogP contribution < -0.4 is 0 Å². The van der Waals surface area contributed by atoms with Gasteiger partial charge in [0.05, 0.1) is 12.7 Å². The summed E-state index contributed by atoms with van der Waals surface area (Å²) in [4.78, 5) is 0. The van der Waals surface area contributed by atoms with Crippen molar-refractivity contribution in [1.29, 1.82) is 0 Å². The minimum atomic E-state index is 0.0751. The Balaban J connectivity index is 2.06. The van der Waals surface area contributed by atoms with Gasteiger partial charge in [-0.3, -0.25) is 0 Å². The van der Waals surface area contributed by atoms with Gasteiger partial charge in [-0.05, 0) is 0 Å². The molecule has 1 saturated heterocycles. The van der Waals surface area contributed by atoms with E-state index in [1.807, 2.05) is 6.92 Å². The largest absolute Gasteiger partial charge is 0.394 e. The standard InChI is InChI=1S/C8H12O2/c1-2-3-4-5-7-8(6-9)10-7/h7-9H,2,5-6H2,1H3. The molecule has 0 bridgehead atoms. The van der Waals surface area contributed by atoms with Crippen molar-refractivity contribution in [2.75, 3.05) is 6.61 Å². The van der Waals surface area contributed by atoms with Crippen LogP contribution in [0.3, 0.4) is 0 Å². The zero-order valence-electron chi connectivity index (χ0n) is 6.13. The van der Waals surface area contributed by atoms with Crippen LogP contribution in [0.25, 0.3) is 0 Å². The highest BCUT2D eigenvalue weighted by atomic mass is 16.6. The highest BCUT2D eigenvalue weighted by molar-refractivity contribution is 5.03. The first kappa shape index (κ1) is 7.59. The topological polar surface area (TPSA) is 32.8 Å². The molecule has 0 aliphatic carbocycles. The van der Waals surface area contributed by atoms with Gasteiger partial charge in [0.15, 0.2) is 0 Å². The van der Waals surface area contributed by atoms with Gasteiger partial charge in [-0.1, -0.05) is 6.92 Å². The van der Waals surface area contributed by atoms with Gasteiger partial charge >= 0.3 is 0 Å². The van der Waals surface area contributed by atoms with Crippen LogP contribution in [-0.2, 0) is 4.74 Å². The summed E-state index contributed by atoms with van der Waals surface area (Å²) in [5, 5.41) is 8.56. The molecule has 1 aliphatic heterocycles. The molecule has 1 heterocycles. The lowest BCUT2D eigenvalue weighted by molar-refractivity contribution is 0.242. The van der Waals surface area contributed by atoms with Crippen molar-refractivity contribution in [3.63, 3.8) is 0 Å². The second-order valence-electron chi connectivity index (χ2n) is 2.31. The molecule has 1 rings (SSSR count). The Kier molecular flexibility index (Phi) is 2.73. The monoisotopic (exact) mass is 140 g/mol. The maximum Gasteiger partial charge on any atom is 0.108 e. The van der Waals surface area contributed by atoms with Crippen LogP contribution in [0.15, 0.2) is 0 Å². The lowest BCUT2D eigenvalue weighted by atomic mass is 10.2. The third kappa shape index (κ3) is 2.02. The van der Waals surface area contributed by atoms with Gasteiger partial charge in [0.25, 0.3) is 0 Å². The van der Waals surface area contributed by atoms with E-state index in [1.54, 1.807) is 0 Å². The van der Waals surface area contributed by atoms with Crippen LogP contribution in [0, 0.1) is 11.8 Å². The summed E-state index contributed by atoms with van der Waals surface area (Å²) < 4.78 is 5.06. The van der Waals surface area contributed by atoms with Crippen molar-refractivity contribution in [2.45, 2.75) is 32.0 Å². The second kappa shape index (κ2) is 3.60. The van der Waals surface area contributed by atoms with E-state index in [4.69, 9.17) is 9.84 Å².